The number of para-hydroxylation sites is 8. The van der Waals surface area contributed by atoms with E-state index >= 15 is 0 Å². The summed E-state index contributed by atoms with van der Waals surface area (Å²) in [5.41, 5.74) is 12.4. The van der Waals surface area contributed by atoms with Gasteiger partial charge in [-0.25, -0.2) is 0 Å². The number of anilines is 12. The van der Waals surface area contributed by atoms with E-state index in [9.17, 15) is 0 Å². The van der Waals surface area contributed by atoms with Crippen molar-refractivity contribution in [3.8, 4) is 0 Å². The fourth-order valence-corrected chi connectivity index (χ4v) is 19.7. The summed E-state index contributed by atoms with van der Waals surface area (Å²) >= 11 is 0. The Hall–Kier alpha value is -9.55. The van der Waals surface area contributed by atoms with Gasteiger partial charge in [-0.1, -0.05) is 241 Å². The highest BCUT2D eigenvalue weighted by atomic mass is 28.2. The van der Waals surface area contributed by atoms with Crippen LogP contribution < -0.4 is 30.0 Å². The summed E-state index contributed by atoms with van der Waals surface area (Å²) in [6.07, 6.45) is 0.0768. The Labute approximate surface area is 574 Å². The summed E-state index contributed by atoms with van der Waals surface area (Å²) in [6, 6.07) is 107. The van der Waals surface area contributed by atoms with Gasteiger partial charge in [0.15, 0.2) is 19.5 Å². The average Bonchev–Trinajstić information content (AvgIpc) is 0.704. The van der Waals surface area contributed by atoms with Crippen molar-refractivity contribution in [3.63, 3.8) is 0 Å². The van der Waals surface area contributed by atoms with Crippen LogP contribution in [0.5, 0.6) is 0 Å². The number of hydrogen-bond donors (Lipinski definition) is 0. The van der Waals surface area contributed by atoms with Crippen LogP contribution in [0.2, 0.25) is 0 Å². The fourth-order valence-electron chi connectivity index (χ4n) is 15.2. The second-order valence-corrected chi connectivity index (χ2v) is 32.8. The number of hydrogen-bond acceptors (Lipinski definition) is 6. The molecule has 0 N–H and O–H groups in total. The van der Waals surface area contributed by atoms with E-state index in [4.69, 9.17) is 8.85 Å². The van der Waals surface area contributed by atoms with Crippen molar-refractivity contribution < 1.29 is 8.85 Å². The number of rotatable bonds is 18. The first-order valence-electron chi connectivity index (χ1n) is 34.0. The van der Waals surface area contributed by atoms with Crippen molar-refractivity contribution >= 4 is 141 Å². The van der Waals surface area contributed by atoms with E-state index < -0.39 is 19.5 Å². The molecule has 13 rings (SSSR count). The van der Waals surface area contributed by atoms with Crippen molar-refractivity contribution in [2.24, 2.45) is 21.7 Å². The van der Waals surface area contributed by atoms with Gasteiger partial charge in [-0.2, -0.15) is 0 Å². The first kappa shape index (κ1) is 65.1. The summed E-state index contributed by atoms with van der Waals surface area (Å²) in [6.45, 7) is 28.0. The third-order valence-corrected chi connectivity index (χ3v) is 21.9. The van der Waals surface area contributed by atoms with Crippen LogP contribution in [0.1, 0.15) is 83.1 Å². The van der Waals surface area contributed by atoms with Crippen LogP contribution in [0.25, 0.3) is 43.1 Å². The van der Waals surface area contributed by atoms with Crippen molar-refractivity contribution in [2.45, 2.75) is 95.3 Å². The van der Waals surface area contributed by atoms with Crippen LogP contribution in [0.3, 0.4) is 0 Å². The molecule has 0 saturated heterocycles. The lowest BCUT2D eigenvalue weighted by Crippen LogP contribution is -2.48. The maximum absolute atomic E-state index is 7.46. The molecule has 0 saturated carbocycles. The summed E-state index contributed by atoms with van der Waals surface area (Å²) in [5, 5.41) is 11.5. The molecular weight excluding hydrogens is 1200 g/mol. The zero-order valence-electron chi connectivity index (χ0n) is 57.9. The molecule has 0 fully saturated rings. The second-order valence-electron chi connectivity index (χ2n) is 30.0. The first-order valence-corrected chi connectivity index (χ1v) is 36.6. The maximum Gasteiger partial charge on any atom is 0.192 e. The smallest absolute Gasteiger partial charge is 0.192 e. The zero-order chi connectivity index (χ0) is 66.9. The van der Waals surface area contributed by atoms with Crippen LogP contribution >= 0.6 is 0 Å². The molecule has 0 aliphatic rings. The molecule has 482 valence electrons. The predicted molar refractivity (Wildman–Crippen MR) is 419 cm³/mol. The molecule has 0 aliphatic carbocycles. The molecule has 0 radical (unpaired) electrons. The van der Waals surface area contributed by atoms with E-state index in [0.29, 0.717) is 0 Å². The zero-order valence-corrected chi connectivity index (χ0v) is 60.7. The molecule has 0 heterocycles. The maximum atomic E-state index is 7.46. The van der Waals surface area contributed by atoms with Gasteiger partial charge in [-0.3, -0.25) is 0 Å². The van der Waals surface area contributed by atoms with E-state index in [2.05, 4.69) is 394 Å². The SMILES string of the molecule is CC(C)(C)C(O[SiH2]c1cc2cc3c(N(c4ccccc4)c4ccccc4)c4cc5c(N(c6ccccc6)c6ccccc6)ccc(N(c6ccccc6)c6ccccc6)c5cc4c(N(c4ccccc4)c4ccccc4)c3cc2cc1[SiH2]OC(C(C)(C)C)C(C)(C)C)C(C)(C)C. The minimum atomic E-state index is -1.34. The van der Waals surface area contributed by atoms with E-state index in [-0.39, 0.29) is 33.9 Å². The molecule has 0 spiro atoms. The highest BCUT2D eigenvalue weighted by Crippen LogP contribution is 2.55. The predicted octanol–water partition coefficient (Wildman–Crippen LogP) is 22.6. The molecule has 0 amide bonds. The molecule has 96 heavy (non-hydrogen) atoms. The molecule has 13 aromatic rings. The lowest BCUT2D eigenvalue weighted by Gasteiger charge is -2.41. The summed E-state index contributed by atoms with van der Waals surface area (Å²) < 4.78 is 14.9. The molecule has 0 aromatic heterocycles. The standard InChI is InChI=1S/C88H90N4O2Si2/c1-85(2,3)83(86(4,5)6)93-95-79-57-61-55-73-74(56-62(61)58-80(79)96-94-84(87(7,8)9)88(10,11)12)82(92(69-49-33-19-34-50-69)70-51-35-20-36-52-70)76-60-72-71(59-75(76)81(73)91(67-45-29-17-30-46-67)68-47-31-18-32-48-68)77(89(63-37-21-13-22-38-63)64-39-23-14-24-40-64)53-54-78(72)90(65-41-25-15-26-42-65)66-43-27-16-28-44-66/h13-60,83-84H,95-96H2,1-12H3. The van der Waals surface area contributed by atoms with Crippen molar-refractivity contribution in [1.29, 1.82) is 0 Å². The molecule has 0 aliphatic heterocycles. The quantitative estimate of drug-likeness (QED) is 0.0483. The molecule has 6 nitrogen and oxygen atoms in total. The number of benzene rings is 13. The molecule has 0 unspecified atom stereocenters. The highest BCUT2D eigenvalue weighted by molar-refractivity contribution is 6.62. The molecule has 8 heteroatoms. The van der Waals surface area contributed by atoms with Gasteiger partial charge in [-0.15, -0.1) is 0 Å². The van der Waals surface area contributed by atoms with Crippen molar-refractivity contribution in [2.75, 3.05) is 19.6 Å². The van der Waals surface area contributed by atoms with Gasteiger partial charge in [0, 0.05) is 77.8 Å². The van der Waals surface area contributed by atoms with Gasteiger partial charge >= 0.3 is 0 Å². The Morgan fingerprint density at radius 2 is 0.448 bits per heavy atom. The molecule has 0 bridgehead atoms. The molecule has 13 aromatic carbocycles. The first-order chi connectivity index (χ1) is 46.2. The van der Waals surface area contributed by atoms with Gasteiger partial charge in [-0.05, 0) is 176 Å². The monoisotopic (exact) mass is 1290 g/mol. The van der Waals surface area contributed by atoms with E-state index in [1.165, 1.54) is 21.1 Å². The van der Waals surface area contributed by atoms with Crippen LogP contribution in [0.4, 0.5) is 68.2 Å². The summed E-state index contributed by atoms with van der Waals surface area (Å²) in [4.78, 5) is 9.90. The van der Waals surface area contributed by atoms with Gasteiger partial charge < -0.3 is 28.5 Å². The minimum absolute atomic E-state index is 0.0384. The van der Waals surface area contributed by atoms with Crippen molar-refractivity contribution in [3.05, 3.63) is 291 Å². The van der Waals surface area contributed by atoms with E-state index in [1.807, 2.05) is 0 Å². The summed E-state index contributed by atoms with van der Waals surface area (Å²) in [7, 11) is -2.67. The Kier molecular flexibility index (Phi) is 18.3. The molecular formula is C88H90N4O2Si2. The third-order valence-electron chi connectivity index (χ3n) is 18.4. The average molecular weight is 1290 g/mol. The topological polar surface area (TPSA) is 31.4 Å². The van der Waals surface area contributed by atoms with E-state index in [1.54, 1.807) is 0 Å². The Bertz CT molecular complexity index is 4310. The Morgan fingerprint density at radius 1 is 0.240 bits per heavy atom. The second kappa shape index (κ2) is 26.9. The lowest BCUT2D eigenvalue weighted by atomic mass is 9.74. The van der Waals surface area contributed by atoms with Gasteiger partial charge in [0.1, 0.15) is 0 Å². The Morgan fingerprint density at radius 3 is 0.667 bits per heavy atom. The van der Waals surface area contributed by atoms with Gasteiger partial charge in [0.2, 0.25) is 0 Å². The normalized spacial score (nSPS) is 12.6. The van der Waals surface area contributed by atoms with Crippen LogP contribution in [0.15, 0.2) is 291 Å². The number of nitrogens with zero attached hydrogens (tertiary/aromatic N) is 4. The van der Waals surface area contributed by atoms with Gasteiger partial charge in [0.25, 0.3) is 0 Å². The minimum Gasteiger partial charge on any atom is -0.415 e. The highest BCUT2D eigenvalue weighted by Gasteiger charge is 2.38. The van der Waals surface area contributed by atoms with Crippen LogP contribution in [0, 0.1) is 21.7 Å². The van der Waals surface area contributed by atoms with Crippen LogP contribution in [-0.4, -0.2) is 31.7 Å². The fraction of sp³-hybridized carbons (Fsp3) is 0.205. The largest absolute Gasteiger partial charge is 0.415 e. The van der Waals surface area contributed by atoms with Gasteiger partial charge in [0.05, 0.1) is 35.0 Å². The molecule has 0 atom stereocenters. The van der Waals surface area contributed by atoms with Crippen molar-refractivity contribution in [1.82, 2.24) is 0 Å². The lowest BCUT2D eigenvalue weighted by molar-refractivity contribution is 0.00125. The summed E-state index contributed by atoms with van der Waals surface area (Å²) in [5.74, 6) is 0. The Balaban J connectivity index is 1.25. The van der Waals surface area contributed by atoms with E-state index in [0.717, 1.165) is 101 Å². The third kappa shape index (κ3) is 13.4. The van der Waals surface area contributed by atoms with Crippen LogP contribution in [-0.2, 0) is 8.85 Å². The number of fused-ring (bicyclic) bond motifs is 4.